The molecular formula is C22H14ClN3O2. The SMILES string of the molecule is Clc1ccccc1-c1nc(-c2cc(-c3ccccc3)oc2-n2cccc2)no1. The van der Waals surface area contributed by atoms with E-state index in [0.717, 1.165) is 16.9 Å². The van der Waals surface area contributed by atoms with Gasteiger partial charge in [0.1, 0.15) is 5.76 Å². The third kappa shape index (κ3) is 2.92. The summed E-state index contributed by atoms with van der Waals surface area (Å²) in [7, 11) is 0. The number of rotatable bonds is 4. The Hall–Kier alpha value is -3.57. The van der Waals surface area contributed by atoms with Crippen LogP contribution in [0.2, 0.25) is 5.02 Å². The molecule has 0 bridgehead atoms. The lowest BCUT2D eigenvalue weighted by Gasteiger charge is -2.00. The second kappa shape index (κ2) is 6.87. The normalized spacial score (nSPS) is 11.0. The summed E-state index contributed by atoms with van der Waals surface area (Å²) in [4.78, 5) is 4.55. The molecule has 28 heavy (non-hydrogen) atoms. The third-order valence-electron chi connectivity index (χ3n) is 4.38. The summed E-state index contributed by atoms with van der Waals surface area (Å²) in [6.07, 6.45) is 3.82. The molecule has 0 atom stereocenters. The summed E-state index contributed by atoms with van der Waals surface area (Å²) in [6.45, 7) is 0. The van der Waals surface area contributed by atoms with Crippen molar-refractivity contribution in [1.29, 1.82) is 0 Å². The van der Waals surface area contributed by atoms with Crippen LogP contribution in [0.3, 0.4) is 0 Å². The van der Waals surface area contributed by atoms with Crippen LogP contribution in [0.5, 0.6) is 0 Å². The molecule has 6 heteroatoms. The maximum Gasteiger partial charge on any atom is 0.259 e. The molecule has 0 spiro atoms. The lowest BCUT2D eigenvalue weighted by Crippen LogP contribution is -1.90. The first kappa shape index (κ1) is 16.6. The second-order valence-electron chi connectivity index (χ2n) is 6.19. The van der Waals surface area contributed by atoms with E-state index in [-0.39, 0.29) is 0 Å². The first-order valence-corrected chi connectivity index (χ1v) is 9.09. The van der Waals surface area contributed by atoms with Crippen molar-refractivity contribution < 1.29 is 8.94 Å². The second-order valence-corrected chi connectivity index (χ2v) is 6.60. The largest absolute Gasteiger partial charge is 0.439 e. The van der Waals surface area contributed by atoms with E-state index in [2.05, 4.69) is 10.1 Å². The molecule has 0 radical (unpaired) electrons. The summed E-state index contributed by atoms with van der Waals surface area (Å²) < 4.78 is 13.5. The number of benzene rings is 2. The molecule has 0 aliphatic heterocycles. The van der Waals surface area contributed by atoms with Gasteiger partial charge in [0.05, 0.1) is 16.1 Å². The zero-order valence-corrected chi connectivity index (χ0v) is 15.4. The quantitative estimate of drug-likeness (QED) is 0.373. The average Bonchev–Trinajstić information content (AvgIpc) is 3.48. The Morgan fingerprint density at radius 3 is 2.36 bits per heavy atom. The van der Waals surface area contributed by atoms with Gasteiger partial charge in [-0.2, -0.15) is 4.98 Å². The number of aromatic nitrogens is 3. The molecule has 5 aromatic rings. The van der Waals surface area contributed by atoms with Gasteiger partial charge in [0.25, 0.3) is 5.89 Å². The van der Waals surface area contributed by atoms with Gasteiger partial charge < -0.3 is 8.94 Å². The minimum atomic E-state index is 0.363. The van der Waals surface area contributed by atoms with E-state index >= 15 is 0 Å². The minimum Gasteiger partial charge on any atom is -0.439 e. The Bertz CT molecular complexity index is 1220. The van der Waals surface area contributed by atoms with Gasteiger partial charge in [-0.1, -0.05) is 59.2 Å². The molecule has 5 nitrogen and oxygen atoms in total. The summed E-state index contributed by atoms with van der Waals surface area (Å²) in [5.74, 6) is 2.14. The van der Waals surface area contributed by atoms with Gasteiger partial charge in [0.2, 0.25) is 11.7 Å². The van der Waals surface area contributed by atoms with Crippen LogP contribution < -0.4 is 0 Å². The highest BCUT2D eigenvalue weighted by atomic mass is 35.5. The monoisotopic (exact) mass is 387 g/mol. The third-order valence-corrected chi connectivity index (χ3v) is 4.71. The summed E-state index contributed by atoms with van der Waals surface area (Å²) in [6, 6.07) is 23.0. The van der Waals surface area contributed by atoms with Crippen LogP contribution in [0.1, 0.15) is 0 Å². The van der Waals surface area contributed by atoms with E-state index in [1.54, 1.807) is 6.07 Å². The highest BCUT2D eigenvalue weighted by Crippen LogP contribution is 2.35. The van der Waals surface area contributed by atoms with Gasteiger partial charge in [-0.3, -0.25) is 4.57 Å². The molecule has 0 amide bonds. The van der Waals surface area contributed by atoms with E-state index in [1.807, 2.05) is 83.7 Å². The maximum atomic E-state index is 6.26. The van der Waals surface area contributed by atoms with Crippen molar-refractivity contribution in [2.75, 3.05) is 0 Å². The summed E-state index contributed by atoms with van der Waals surface area (Å²) in [5, 5.41) is 4.72. The lowest BCUT2D eigenvalue weighted by molar-refractivity contribution is 0.432. The molecule has 0 saturated carbocycles. The number of hydrogen-bond donors (Lipinski definition) is 0. The van der Waals surface area contributed by atoms with Crippen LogP contribution >= 0.6 is 11.6 Å². The topological polar surface area (TPSA) is 57.0 Å². The van der Waals surface area contributed by atoms with Crippen LogP contribution in [0.15, 0.2) is 94.1 Å². The molecule has 0 N–H and O–H groups in total. The van der Waals surface area contributed by atoms with Crippen molar-refractivity contribution >= 4 is 11.6 Å². The van der Waals surface area contributed by atoms with E-state index in [4.69, 9.17) is 20.5 Å². The molecule has 5 rings (SSSR count). The standard InChI is InChI=1S/C22H14ClN3O2/c23-18-11-5-4-10-16(18)21-24-20(25-28-21)17-14-19(15-8-2-1-3-9-15)27-22(17)26-12-6-7-13-26/h1-14H. The summed E-state index contributed by atoms with van der Waals surface area (Å²) >= 11 is 6.26. The predicted octanol–water partition coefficient (Wildman–Crippen LogP) is 6.11. The molecule has 0 saturated heterocycles. The molecule has 0 aliphatic carbocycles. The predicted molar refractivity (Wildman–Crippen MR) is 107 cm³/mol. The number of hydrogen-bond acceptors (Lipinski definition) is 4. The molecule has 3 heterocycles. The Kier molecular flexibility index (Phi) is 4.07. The van der Waals surface area contributed by atoms with Crippen LogP contribution in [0, 0.1) is 0 Å². The lowest BCUT2D eigenvalue weighted by atomic mass is 10.1. The average molecular weight is 388 g/mol. The number of halogens is 1. The zero-order valence-electron chi connectivity index (χ0n) is 14.6. The Morgan fingerprint density at radius 1 is 0.821 bits per heavy atom. The molecular weight excluding hydrogens is 374 g/mol. The van der Waals surface area contributed by atoms with Crippen LogP contribution in [0.4, 0.5) is 0 Å². The molecule has 0 unspecified atom stereocenters. The molecule has 136 valence electrons. The number of nitrogens with zero attached hydrogens (tertiary/aromatic N) is 3. The summed E-state index contributed by atoms with van der Waals surface area (Å²) in [5.41, 5.74) is 2.39. The smallest absolute Gasteiger partial charge is 0.259 e. The van der Waals surface area contributed by atoms with Gasteiger partial charge >= 0.3 is 0 Å². The van der Waals surface area contributed by atoms with Crippen molar-refractivity contribution in [3.05, 3.63) is 90.2 Å². The van der Waals surface area contributed by atoms with Crippen LogP contribution in [-0.4, -0.2) is 14.7 Å². The van der Waals surface area contributed by atoms with Crippen LogP contribution in [0.25, 0.3) is 40.0 Å². The van der Waals surface area contributed by atoms with Gasteiger partial charge in [-0.05, 0) is 30.3 Å². The first-order valence-electron chi connectivity index (χ1n) is 8.71. The molecule has 2 aromatic carbocycles. The van der Waals surface area contributed by atoms with E-state index in [9.17, 15) is 0 Å². The first-order chi connectivity index (χ1) is 13.8. The van der Waals surface area contributed by atoms with E-state index in [1.165, 1.54) is 0 Å². The van der Waals surface area contributed by atoms with Gasteiger partial charge in [-0.15, -0.1) is 0 Å². The maximum absolute atomic E-state index is 6.26. The Balaban J connectivity index is 1.64. The fourth-order valence-corrected chi connectivity index (χ4v) is 3.24. The fourth-order valence-electron chi connectivity index (χ4n) is 3.02. The highest BCUT2D eigenvalue weighted by Gasteiger charge is 2.21. The minimum absolute atomic E-state index is 0.363. The van der Waals surface area contributed by atoms with Crippen molar-refractivity contribution in [1.82, 2.24) is 14.7 Å². The van der Waals surface area contributed by atoms with Crippen molar-refractivity contribution in [2.24, 2.45) is 0 Å². The number of furan rings is 1. The van der Waals surface area contributed by atoms with Crippen molar-refractivity contribution in [2.45, 2.75) is 0 Å². The fraction of sp³-hybridized carbons (Fsp3) is 0. The van der Waals surface area contributed by atoms with Crippen molar-refractivity contribution in [3.63, 3.8) is 0 Å². The molecule has 0 aliphatic rings. The van der Waals surface area contributed by atoms with Gasteiger partial charge in [0, 0.05) is 18.0 Å². The van der Waals surface area contributed by atoms with E-state index < -0.39 is 0 Å². The van der Waals surface area contributed by atoms with Gasteiger partial charge in [0.15, 0.2) is 0 Å². The van der Waals surface area contributed by atoms with Crippen LogP contribution in [-0.2, 0) is 0 Å². The van der Waals surface area contributed by atoms with E-state index in [0.29, 0.717) is 28.2 Å². The van der Waals surface area contributed by atoms with Crippen molar-refractivity contribution in [3.8, 4) is 40.0 Å². The Labute approximate surface area is 165 Å². The van der Waals surface area contributed by atoms with Gasteiger partial charge in [-0.25, -0.2) is 0 Å². The zero-order chi connectivity index (χ0) is 18.9. The molecule has 3 aromatic heterocycles. The Morgan fingerprint density at radius 2 is 1.57 bits per heavy atom. The molecule has 0 fully saturated rings. The highest BCUT2D eigenvalue weighted by molar-refractivity contribution is 6.33.